The van der Waals surface area contributed by atoms with Crippen molar-refractivity contribution in [1.29, 1.82) is 0 Å². The van der Waals surface area contributed by atoms with Crippen LogP contribution in [0.25, 0.3) is 20.5 Å². The van der Waals surface area contributed by atoms with Crippen LogP contribution in [-0.2, 0) is 0 Å². The average Bonchev–Trinajstić information content (AvgIpc) is 2.44. The highest BCUT2D eigenvalue weighted by atomic mass is 35.5. The summed E-state index contributed by atoms with van der Waals surface area (Å²) in [7, 11) is 0. The van der Waals surface area contributed by atoms with Gasteiger partial charge < -0.3 is 0 Å². The molecule has 0 saturated heterocycles. The molecule has 3 aromatic rings. The summed E-state index contributed by atoms with van der Waals surface area (Å²) in [6.07, 6.45) is 0. The van der Waals surface area contributed by atoms with Gasteiger partial charge in [-0.3, -0.25) is 4.79 Å². The van der Waals surface area contributed by atoms with Gasteiger partial charge in [-0.15, -0.1) is 11.3 Å². The number of fused-ring (bicyclic) bond motifs is 1. The van der Waals surface area contributed by atoms with Gasteiger partial charge in [0, 0.05) is 10.1 Å². The van der Waals surface area contributed by atoms with Crippen molar-refractivity contribution in [2.75, 3.05) is 0 Å². The van der Waals surface area contributed by atoms with Crippen LogP contribution in [0.2, 0.25) is 5.02 Å². The molecular weight excluding hydrogens is 264 g/mol. The largest absolute Gasteiger partial charge is 0.287 e. The molecule has 0 atom stereocenters. The molecule has 2 aromatic carbocycles. The molecule has 0 fully saturated rings. The SMILES string of the molecule is O=c1c(Cl)c(-c2ccccc2)sc2ccccc12. The molecule has 3 rings (SSSR count). The van der Waals surface area contributed by atoms with Crippen molar-refractivity contribution in [2.24, 2.45) is 0 Å². The number of halogens is 1. The zero-order valence-corrected chi connectivity index (χ0v) is 11.0. The molecule has 1 nitrogen and oxygen atoms in total. The lowest BCUT2D eigenvalue weighted by Crippen LogP contribution is -2.02. The summed E-state index contributed by atoms with van der Waals surface area (Å²) in [6.45, 7) is 0. The van der Waals surface area contributed by atoms with Crippen molar-refractivity contribution in [3.05, 3.63) is 69.8 Å². The van der Waals surface area contributed by atoms with Crippen LogP contribution in [0.5, 0.6) is 0 Å². The number of benzene rings is 2. The Morgan fingerprint density at radius 2 is 1.56 bits per heavy atom. The number of hydrogen-bond donors (Lipinski definition) is 0. The predicted octanol–water partition coefficient (Wildman–Crippen LogP) is 4.58. The monoisotopic (exact) mass is 272 g/mol. The second-order valence-electron chi connectivity index (χ2n) is 3.94. The second kappa shape index (κ2) is 4.56. The zero-order valence-electron chi connectivity index (χ0n) is 9.39. The maximum atomic E-state index is 12.2. The van der Waals surface area contributed by atoms with E-state index in [-0.39, 0.29) is 5.43 Å². The van der Waals surface area contributed by atoms with Crippen LogP contribution in [0.3, 0.4) is 0 Å². The minimum Gasteiger partial charge on any atom is -0.287 e. The van der Waals surface area contributed by atoms with Gasteiger partial charge >= 0.3 is 0 Å². The zero-order chi connectivity index (χ0) is 12.5. The van der Waals surface area contributed by atoms with Crippen molar-refractivity contribution >= 4 is 33.0 Å². The Morgan fingerprint density at radius 3 is 2.33 bits per heavy atom. The van der Waals surface area contributed by atoms with Gasteiger partial charge in [-0.05, 0) is 17.7 Å². The van der Waals surface area contributed by atoms with Gasteiger partial charge in [0.2, 0.25) is 5.43 Å². The topological polar surface area (TPSA) is 17.1 Å². The quantitative estimate of drug-likeness (QED) is 0.634. The summed E-state index contributed by atoms with van der Waals surface area (Å²) < 4.78 is 0.964. The van der Waals surface area contributed by atoms with Gasteiger partial charge in [0.1, 0.15) is 5.02 Å². The van der Waals surface area contributed by atoms with Crippen LogP contribution in [0.4, 0.5) is 0 Å². The molecule has 1 heterocycles. The van der Waals surface area contributed by atoms with Crippen LogP contribution < -0.4 is 5.43 Å². The molecule has 0 bridgehead atoms. The van der Waals surface area contributed by atoms with Crippen LogP contribution in [-0.4, -0.2) is 0 Å². The molecule has 0 amide bonds. The van der Waals surface area contributed by atoms with E-state index in [1.54, 1.807) is 11.3 Å². The van der Waals surface area contributed by atoms with Crippen LogP contribution in [0.15, 0.2) is 59.4 Å². The molecule has 3 heteroatoms. The molecule has 0 aliphatic heterocycles. The molecule has 0 saturated carbocycles. The van der Waals surface area contributed by atoms with Crippen molar-refractivity contribution in [1.82, 2.24) is 0 Å². The standard InChI is InChI=1S/C15H9ClOS/c16-13-14(17)11-8-4-5-9-12(11)18-15(13)10-6-2-1-3-7-10/h1-9H. The molecule has 0 radical (unpaired) electrons. The van der Waals surface area contributed by atoms with Gasteiger partial charge in [0.05, 0.1) is 4.88 Å². The van der Waals surface area contributed by atoms with E-state index in [2.05, 4.69) is 0 Å². The van der Waals surface area contributed by atoms with Crippen LogP contribution in [0, 0.1) is 0 Å². The fraction of sp³-hybridized carbons (Fsp3) is 0. The van der Waals surface area contributed by atoms with Crippen LogP contribution in [0.1, 0.15) is 0 Å². The van der Waals surface area contributed by atoms with E-state index in [1.807, 2.05) is 54.6 Å². The highest BCUT2D eigenvalue weighted by molar-refractivity contribution is 7.22. The molecule has 0 aliphatic rings. The Balaban J connectivity index is 2.38. The Bertz CT molecular complexity index is 762. The van der Waals surface area contributed by atoms with Gasteiger partial charge in [-0.2, -0.15) is 0 Å². The molecule has 0 N–H and O–H groups in total. The summed E-state index contributed by atoms with van der Waals surface area (Å²) in [4.78, 5) is 13.0. The third kappa shape index (κ3) is 1.84. The Morgan fingerprint density at radius 1 is 0.889 bits per heavy atom. The van der Waals surface area contributed by atoms with Gasteiger partial charge in [-0.1, -0.05) is 54.1 Å². The Labute approximate surface area is 113 Å². The molecule has 0 spiro atoms. The summed E-state index contributed by atoms with van der Waals surface area (Å²) >= 11 is 7.75. The summed E-state index contributed by atoms with van der Waals surface area (Å²) in [5, 5.41) is 0.997. The minimum atomic E-state index is -0.0927. The highest BCUT2D eigenvalue weighted by Crippen LogP contribution is 2.33. The number of hydrogen-bond acceptors (Lipinski definition) is 2. The molecule has 18 heavy (non-hydrogen) atoms. The minimum absolute atomic E-state index is 0.0927. The van der Waals surface area contributed by atoms with Gasteiger partial charge in [-0.25, -0.2) is 0 Å². The maximum absolute atomic E-state index is 12.2. The Hall–Kier alpha value is -1.64. The molecule has 0 aliphatic carbocycles. The maximum Gasteiger partial charge on any atom is 0.207 e. The number of rotatable bonds is 1. The lowest BCUT2D eigenvalue weighted by Gasteiger charge is -2.05. The smallest absolute Gasteiger partial charge is 0.207 e. The summed E-state index contributed by atoms with van der Waals surface area (Å²) in [5.41, 5.74) is 0.889. The molecule has 0 unspecified atom stereocenters. The fourth-order valence-corrected chi connectivity index (χ4v) is 3.29. The first-order valence-electron chi connectivity index (χ1n) is 5.54. The van der Waals surface area contributed by atoms with E-state index >= 15 is 0 Å². The third-order valence-electron chi connectivity index (χ3n) is 2.78. The second-order valence-corrected chi connectivity index (χ2v) is 5.37. The van der Waals surface area contributed by atoms with E-state index < -0.39 is 0 Å². The lowest BCUT2D eigenvalue weighted by atomic mass is 10.1. The van der Waals surface area contributed by atoms with E-state index in [0.717, 1.165) is 15.1 Å². The van der Waals surface area contributed by atoms with Gasteiger partial charge in [0.25, 0.3) is 0 Å². The Kier molecular flexibility index (Phi) is 2.90. The van der Waals surface area contributed by atoms with E-state index in [4.69, 9.17) is 11.6 Å². The van der Waals surface area contributed by atoms with Gasteiger partial charge in [0.15, 0.2) is 0 Å². The van der Waals surface area contributed by atoms with E-state index in [0.29, 0.717) is 10.4 Å². The first kappa shape index (κ1) is 11.5. The first-order valence-corrected chi connectivity index (χ1v) is 6.73. The van der Waals surface area contributed by atoms with Crippen molar-refractivity contribution < 1.29 is 0 Å². The summed E-state index contributed by atoms with van der Waals surface area (Å²) in [6, 6.07) is 17.3. The average molecular weight is 273 g/mol. The molecular formula is C15H9ClOS. The lowest BCUT2D eigenvalue weighted by molar-refractivity contribution is 1.66. The normalized spacial score (nSPS) is 10.7. The van der Waals surface area contributed by atoms with Crippen molar-refractivity contribution in [3.8, 4) is 10.4 Å². The first-order chi connectivity index (χ1) is 8.77. The third-order valence-corrected chi connectivity index (χ3v) is 4.47. The van der Waals surface area contributed by atoms with E-state index in [9.17, 15) is 4.79 Å². The fourth-order valence-electron chi connectivity index (χ4n) is 1.89. The van der Waals surface area contributed by atoms with Crippen molar-refractivity contribution in [2.45, 2.75) is 0 Å². The highest BCUT2D eigenvalue weighted by Gasteiger charge is 2.11. The molecule has 1 aromatic heterocycles. The van der Waals surface area contributed by atoms with Crippen LogP contribution >= 0.6 is 22.9 Å². The summed E-state index contributed by atoms with van der Waals surface area (Å²) in [5.74, 6) is 0. The van der Waals surface area contributed by atoms with E-state index in [1.165, 1.54) is 0 Å². The molecule has 88 valence electrons. The predicted molar refractivity (Wildman–Crippen MR) is 78.5 cm³/mol. The van der Waals surface area contributed by atoms with Crippen molar-refractivity contribution in [3.63, 3.8) is 0 Å².